The smallest absolute Gasteiger partial charge is 0.336 e. The van der Waals surface area contributed by atoms with Crippen molar-refractivity contribution in [3.63, 3.8) is 0 Å². The van der Waals surface area contributed by atoms with Crippen molar-refractivity contribution in [3.8, 4) is 11.5 Å². The van der Waals surface area contributed by atoms with Gasteiger partial charge in [0.15, 0.2) is 11.5 Å². The van der Waals surface area contributed by atoms with Crippen molar-refractivity contribution >= 4 is 23.3 Å². The Labute approximate surface area is 137 Å². The van der Waals surface area contributed by atoms with E-state index in [9.17, 15) is 20.0 Å². The molecular weight excluding hydrogens is 314 g/mol. The second kappa shape index (κ2) is 7.28. The van der Waals surface area contributed by atoms with E-state index in [1.54, 1.807) is 18.2 Å². The maximum atomic E-state index is 11.6. The van der Waals surface area contributed by atoms with Crippen LogP contribution in [0.3, 0.4) is 0 Å². The predicted molar refractivity (Wildman–Crippen MR) is 88.1 cm³/mol. The molecule has 0 saturated carbocycles. The minimum absolute atomic E-state index is 0.0172. The van der Waals surface area contributed by atoms with E-state index in [0.717, 1.165) is 0 Å². The zero-order valence-corrected chi connectivity index (χ0v) is 13.1. The molecule has 7 heteroatoms. The third-order valence-corrected chi connectivity index (χ3v) is 3.32. The predicted octanol–water partition coefficient (Wildman–Crippen LogP) is 3.24. The van der Waals surface area contributed by atoms with E-state index < -0.39 is 10.9 Å². The molecule has 124 valence electrons. The number of nitrogens with zero attached hydrogens (tertiary/aromatic N) is 1. The van der Waals surface area contributed by atoms with E-state index in [2.05, 4.69) is 0 Å². The van der Waals surface area contributed by atoms with Crippen molar-refractivity contribution in [2.75, 3.05) is 14.2 Å². The molecule has 1 N–H and O–H groups in total. The molecule has 0 aliphatic heterocycles. The van der Waals surface area contributed by atoms with E-state index in [1.165, 1.54) is 44.6 Å². The second-order valence-corrected chi connectivity index (χ2v) is 4.79. The molecular formula is C17H15NO6. The van der Waals surface area contributed by atoms with Crippen molar-refractivity contribution in [3.05, 3.63) is 63.7 Å². The first-order valence-electron chi connectivity index (χ1n) is 6.88. The van der Waals surface area contributed by atoms with Crippen LogP contribution in [0.5, 0.6) is 11.5 Å². The van der Waals surface area contributed by atoms with E-state index >= 15 is 0 Å². The van der Waals surface area contributed by atoms with Crippen molar-refractivity contribution in [2.45, 2.75) is 0 Å². The lowest BCUT2D eigenvalue weighted by atomic mass is 10.0. The van der Waals surface area contributed by atoms with Gasteiger partial charge in [-0.2, -0.15) is 0 Å². The molecule has 24 heavy (non-hydrogen) atoms. The summed E-state index contributed by atoms with van der Waals surface area (Å²) in [6.07, 6.45) is 1.37. The van der Waals surface area contributed by atoms with Gasteiger partial charge in [0.1, 0.15) is 0 Å². The second-order valence-electron chi connectivity index (χ2n) is 4.79. The summed E-state index contributed by atoms with van der Waals surface area (Å²) in [5.74, 6) is -0.295. The largest absolute Gasteiger partial charge is 0.493 e. The van der Waals surface area contributed by atoms with E-state index in [-0.39, 0.29) is 11.3 Å². The van der Waals surface area contributed by atoms with Gasteiger partial charge < -0.3 is 14.6 Å². The molecule has 0 fully saturated rings. The van der Waals surface area contributed by atoms with Crippen LogP contribution in [0.2, 0.25) is 0 Å². The van der Waals surface area contributed by atoms with Crippen LogP contribution in [0.4, 0.5) is 5.69 Å². The number of aliphatic carboxylic acids is 1. The summed E-state index contributed by atoms with van der Waals surface area (Å²) in [5, 5.41) is 20.3. The van der Waals surface area contributed by atoms with Crippen molar-refractivity contribution in [1.29, 1.82) is 0 Å². The fourth-order valence-electron chi connectivity index (χ4n) is 2.17. The molecule has 0 unspecified atom stereocenters. The molecule has 0 radical (unpaired) electrons. The van der Waals surface area contributed by atoms with Crippen LogP contribution in [0.1, 0.15) is 11.1 Å². The number of benzene rings is 2. The van der Waals surface area contributed by atoms with Crippen molar-refractivity contribution < 1.29 is 24.3 Å². The summed E-state index contributed by atoms with van der Waals surface area (Å²) in [5.41, 5.74) is 0.681. The van der Waals surface area contributed by atoms with Crippen LogP contribution >= 0.6 is 0 Å². The summed E-state index contributed by atoms with van der Waals surface area (Å²) in [6, 6.07) is 10.5. The van der Waals surface area contributed by atoms with Gasteiger partial charge in [-0.3, -0.25) is 10.1 Å². The summed E-state index contributed by atoms with van der Waals surface area (Å²) in [7, 11) is 2.93. The minimum Gasteiger partial charge on any atom is -0.493 e. The number of methoxy groups -OCH3 is 2. The highest BCUT2D eigenvalue weighted by atomic mass is 16.6. The van der Waals surface area contributed by atoms with Gasteiger partial charge in [-0.25, -0.2) is 4.79 Å². The van der Waals surface area contributed by atoms with Crippen LogP contribution < -0.4 is 9.47 Å². The van der Waals surface area contributed by atoms with E-state index in [1.807, 2.05) is 0 Å². The Morgan fingerprint density at radius 1 is 1.12 bits per heavy atom. The Bertz CT molecular complexity index is 812. The van der Waals surface area contributed by atoms with Crippen LogP contribution in [0.15, 0.2) is 42.5 Å². The van der Waals surface area contributed by atoms with E-state index in [4.69, 9.17) is 9.47 Å². The fraction of sp³-hybridized carbons (Fsp3) is 0.118. The maximum absolute atomic E-state index is 11.6. The molecule has 0 saturated heterocycles. The third kappa shape index (κ3) is 3.70. The summed E-state index contributed by atoms with van der Waals surface area (Å²) in [6.45, 7) is 0. The number of rotatable bonds is 6. The zero-order chi connectivity index (χ0) is 17.7. The fourth-order valence-corrected chi connectivity index (χ4v) is 2.17. The van der Waals surface area contributed by atoms with Crippen LogP contribution in [0, 0.1) is 10.1 Å². The van der Waals surface area contributed by atoms with Gasteiger partial charge in [0.05, 0.1) is 24.7 Å². The molecule has 0 spiro atoms. The maximum Gasteiger partial charge on any atom is 0.336 e. The number of hydrogen-bond acceptors (Lipinski definition) is 5. The number of carbonyl (C=O) groups is 1. The molecule has 0 heterocycles. The Balaban J connectivity index is 2.52. The van der Waals surface area contributed by atoms with Gasteiger partial charge in [-0.15, -0.1) is 0 Å². The average molecular weight is 329 g/mol. The van der Waals surface area contributed by atoms with Gasteiger partial charge in [0.25, 0.3) is 5.69 Å². The van der Waals surface area contributed by atoms with Gasteiger partial charge >= 0.3 is 5.97 Å². The lowest BCUT2D eigenvalue weighted by molar-refractivity contribution is -0.384. The summed E-state index contributed by atoms with van der Waals surface area (Å²) >= 11 is 0. The lowest BCUT2D eigenvalue weighted by Gasteiger charge is -2.10. The standard InChI is InChI=1S/C17H15NO6/c1-23-15-7-6-12(10-16(15)24-2)14(17(19)20)9-11-4-3-5-13(8-11)18(21)22/h3-10H,1-2H3,(H,19,20)/b14-9-. The van der Waals surface area contributed by atoms with Gasteiger partial charge in [0.2, 0.25) is 0 Å². The normalized spacial score (nSPS) is 11.0. The number of nitro groups is 1. The van der Waals surface area contributed by atoms with Gasteiger partial charge in [-0.05, 0) is 29.3 Å². The molecule has 0 bridgehead atoms. The first-order valence-corrected chi connectivity index (χ1v) is 6.88. The molecule has 7 nitrogen and oxygen atoms in total. The Kier molecular flexibility index (Phi) is 5.16. The Morgan fingerprint density at radius 3 is 2.42 bits per heavy atom. The van der Waals surface area contributed by atoms with Crippen molar-refractivity contribution in [2.24, 2.45) is 0 Å². The average Bonchev–Trinajstić information content (AvgIpc) is 2.59. The number of carboxylic acids is 1. The first-order chi connectivity index (χ1) is 11.5. The Morgan fingerprint density at radius 2 is 1.83 bits per heavy atom. The molecule has 0 amide bonds. The minimum atomic E-state index is -1.16. The first kappa shape index (κ1) is 17.0. The highest BCUT2D eigenvalue weighted by Gasteiger charge is 2.14. The highest BCUT2D eigenvalue weighted by molar-refractivity contribution is 6.20. The summed E-state index contributed by atoms with van der Waals surface area (Å²) < 4.78 is 10.3. The molecule has 2 aromatic carbocycles. The van der Waals surface area contributed by atoms with Crippen LogP contribution in [-0.4, -0.2) is 30.2 Å². The number of carboxylic acid groups (broad SMARTS) is 1. The number of non-ortho nitro benzene ring substituents is 1. The topological polar surface area (TPSA) is 98.9 Å². The van der Waals surface area contributed by atoms with Crippen LogP contribution in [-0.2, 0) is 4.79 Å². The number of nitro benzene ring substituents is 1. The number of ether oxygens (including phenoxy) is 2. The van der Waals surface area contributed by atoms with Gasteiger partial charge in [-0.1, -0.05) is 18.2 Å². The van der Waals surface area contributed by atoms with Crippen molar-refractivity contribution in [1.82, 2.24) is 0 Å². The van der Waals surface area contributed by atoms with Crippen LogP contribution in [0.25, 0.3) is 11.6 Å². The monoisotopic (exact) mass is 329 g/mol. The SMILES string of the molecule is COc1ccc(/C(=C/c2cccc([N+](=O)[O-])c2)C(=O)O)cc1OC. The Hall–Kier alpha value is -3.35. The lowest BCUT2D eigenvalue weighted by Crippen LogP contribution is -2.01. The quantitative estimate of drug-likeness (QED) is 0.378. The molecule has 0 atom stereocenters. The molecule has 0 aliphatic rings. The molecule has 0 aliphatic carbocycles. The summed E-state index contributed by atoms with van der Waals surface area (Å²) in [4.78, 5) is 21.9. The van der Waals surface area contributed by atoms with E-state index in [0.29, 0.717) is 22.6 Å². The van der Waals surface area contributed by atoms with Gasteiger partial charge in [0, 0.05) is 12.1 Å². The third-order valence-electron chi connectivity index (χ3n) is 3.32. The highest BCUT2D eigenvalue weighted by Crippen LogP contribution is 2.31. The molecule has 2 rings (SSSR count). The zero-order valence-electron chi connectivity index (χ0n) is 13.1. The number of hydrogen-bond donors (Lipinski definition) is 1. The molecule has 0 aromatic heterocycles. The molecule has 2 aromatic rings.